The van der Waals surface area contributed by atoms with Gasteiger partial charge in [-0.3, -0.25) is 9.59 Å². The Morgan fingerprint density at radius 2 is 1.94 bits per heavy atom. The van der Waals surface area contributed by atoms with Crippen molar-refractivity contribution in [2.45, 2.75) is 33.2 Å². The smallest absolute Gasteiger partial charge is 0.253 e. The fraction of sp³-hybridized carbons (Fsp3) is 0.385. The summed E-state index contributed by atoms with van der Waals surface area (Å²) < 4.78 is 0. The van der Waals surface area contributed by atoms with Gasteiger partial charge >= 0.3 is 0 Å². The fourth-order valence-electron chi connectivity index (χ4n) is 1.38. The lowest BCUT2D eigenvalue weighted by molar-refractivity contribution is -0.114. The average molecular weight is 234 g/mol. The maximum absolute atomic E-state index is 12.0. The molecule has 17 heavy (non-hydrogen) atoms. The highest BCUT2D eigenvalue weighted by molar-refractivity contribution is 6.03. The topological polar surface area (TPSA) is 58.2 Å². The quantitative estimate of drug-likeness (QED) is 0.838. The molecule has 0 unspecified atom stereocenters. The molecule has 0 aliphatic rings. The number of carbonyl (C=O) groups excluding carboxylic acids is 2. The first-order valence-corrected chi connectivity index (χ1v) is 5.72. The van der Waals surface area contributed by atoms with Crippen LogP contribution in [0.3, 0.4) is 0 Å². The van der Waals surface area contributed by atoms with E-state index < -0.39 is 0 Å². The Hall–Kier alpha value is -1.84. The molecule has 92 valence electrons. The van der Waals surface area contributed by atoms with Crippen molar-refractivity contribution in [2.75, 3.05) is 5.32 Å². The number of amides is 2. The van der Waals surface area contributed by atoms with Crippen molar-refractivity contribution < 1.29 is 9.59 Å². The molecule has 0 radical (unpaired) electrons. The molecule has 0 saturated heterocycles. The van der Waals surface area contributed by atoms with Gasteiger partial charge in [0.25, 0.3) is 5.91 Å². The van der Waals surface area contributed by atoms with Crippen molar-refractivity contribution in [3.05, 3.63) is 29.8 Å². The number of hydrogen-bond acceptors (Lipinski definition) is 2. The summed E-state index contributed by atoms with van der Waals surface area (Å²) in [5, 5.41) is 5.52. The Balaban J connectivity index is 2.88. The minimum atomic E-state index is -0.186. The largest absolute Gasteiger partial charge is 0.350 e. The van der Waals surface area contributed by atoms with Gasteiger partial charge in [-0.05, 0) is 25.5 Å². The van der Waals surface area contributed by atoms with Crippen LogP contribution < -0.4 is 10.6 Å². The zero-order chi connectivity index (χ0) is 12.8. The van der Waals surface area contributed by atoms with Gasteiger partial charge in [-0.2, -0.15) is 0 Å². The first-order valence-electron chi connectivity index (χ1n) is 5.72. The summed E-state index contributed by atoms with van der Waals surface area (Å²) >= 11 is 0. The maximum atomic E-state index is 12.0. The molecule has 0 aromatic heterocycles. The average Bonchev–Trinajstić information content (AvgIpc) is 2.28. The van der Waals surface area contributed by atoms with Crippen molar-refractivity contribution in [1.29, 1.82) is 0 Å². The molecule has 1 rings (SSSR count). The minimum Gasteiger partial charge on any atom is -0.350 e. The van der Waals surface area contributed by atoms with Crippen LogP contribution in [-0.2, 0) is 4.79 Å². The third-order valence-electron chi connectivity index (χ3n) is 2.47. The Morgan fingerprint density at radius 3 is 2.53 bits per heavy atom. The molecule has 0 spiro atoms. The third kappa shape index (κ3) is 3.90. The molecule has 2 amide bonds. The number of para-hydroxylation sites is 1. The standard InChI is InChI=1S/C13H18N2O2/c1-4-9(2)14-13(17)11-7-5-6-8-12(11)15-10(3)16/h5-9H,4H2,1-3H3,(H,14,17)(H,15,16)/t9-/m0/s1. The van der Waals surface area contributed by atoms with Crippen molar-refractivity contribution >= 4 is 17.5 Å². The van der Waals surface area contributed by atoms with Crippen LogP contribution in [0.4, 0.5) is 5.69 Å². The van der Waals surface area contributed by atoms with Crippen LogP contribution >= 0.6 is 0 Å². The van der Waals surface area contributed by atoms with E-state index >= 15 is 0 Å². The van der Waals surface area contributed by atoms with Crippen molar-refractivity contribution in [1.82, 2.24) is 5.32 Å². The Morgan fingerprint density at radius 1 is 1.29 bits per heavy atom. The Bertz CT molecular complexity index is 416. The molecule has 0 fully saturated rings. The third-order valence-corrected chi connectivity index (χ3v) is 2.47. The molecule has 1 atom stereocenters. The van der Waals surface area contributed by atoms with E-state index in [9.17, 15) is 9.59 Å². The Labute approximate surface area is 101 Å². The molecule has 0 saturated carbocycles. The molecular formula is C13H18N2O2. The van der Waals surface area contributed by atoms with E-state index in [4.69, 9.17) is 0 Å². The predicted molar refractivity (Wildman–Crippen MR) is 68.0 cm³/mol. The van der Waals surface area contributed by atoms with Crippen molar-refractivity contribution in [3.63, 3.8) is 0 Å². The van der Waals surface area contributed by atoms with E-state index in [2.05, 4.69) is 10.6 Å². The van der Waals surface area contributed by atoms with Crippen molar-refractivity contribution in [3.8, 4) is 0 Å². The lowest BCUT2D eigenvalue weighted by Gasteiger charge is -2.14. The molecule has 0 aliphatic carbocycles. The van der Waals surface area contributed by atoms with E-state index in [0.29, 0.717) is 11.3 Å². The van der Waals surface area contributed by atoms with Gasteiger partial charge in [-0.1, -0.05) is 19.1 Å². The monoisotopic (exact) mass is 234 g/mol. The summed E-state index contributed by atoms with van der Waals surface area (Å²) in [6.45, 7) is 5.37. The zero-order valence-electron chi connectivity index (χ0n) is 10.4. The van der Waals surface area contributed by atoms with E-state index in [1.807, 2.05) is 13.8 Å². The van der Waals surface area contributed by atoms with Crippen LogP contribution in [0.2, 0.25) is 0 Å². The number of anilines is 1. The van der Waals surface area contributed by atoms with Crippen LogP contribution in [0, 0.1) is 0 Å². The van der Waals surface area contributed by atoms with Gasteiger partial charge in [0.1, 0.15) is 0 Å². The highest BCUT2D eigenvalue weighted by Crippen LogP contribution is 2.15. The lowest BCUT2D eigenvalue weighted by atomic mass is 10.1. The van der Waals surface area contributed by atoms with Crippen LogP contribution in [0.5, 0.6) is 0 Å². The Kier molecular flexibility index (Phi) is 4.69. The first kappa shape index (κ1) is 13.2. The summed E-state index contributed by atoms with van der Waals surface area (Å²) in [7, 11) is 0. The lowest BCUT2D eigenvalue weighted by Crippen LogP contribution is -2.32. The molecular weight excluding hydrogens is 216 g/mol. The molecule has 4 heteroatoms. The number of hydrogen-bond donors (Lipinski definition) is 2. The summed E-state index contributed by atoms with van der Waals surface area (Å²) in [5.41, 5.74) is 1.03. The van der Waals surface area contributed by atoms with Gasteiger partial charge < -0.3 is 10.6 Å². The van der Waals surface area contributed by atoms with Crippen LogP contribution in [0.1, 0.15) is 37.6 Å². The molecule has 1 aromatic carbocycles. The highest BCUT2D eigenvalue weighted by atomic mass is 16.2. The SMILES string of the molecule is CC[C@H](C)NC(=O)c1ccccc1NC(C)=O. The molecule has 0 heterocycles. The minimum absolute atomic E-state index is 0.118. The second-order valence-corrected chi connectivity index (χ2v) is 4.01. The fourth-order valence-corrected chi connectivity index (χ4v) is 1.38. The van der Waals surface area contributed by atoms with Crippen LogP contribution in [0.15, 0.2) is 24.3 Å². The molecule has 0 aliphatic heterocycles. The van der Waals surface area contributed by atoms with Crippen LogP contribution in [0.25, 0.3) is 0 Å². The maximum Gasteiger partial charge on any atom is 0.253 e. The first-order chi connectivity index (χ1) is 8.04. The van der Waals surface area contributed by atoms with Crippen LogP contribution in [-0.4, -0.2) is 17.9 Å². The summed E-state index contributed by atoms with van der Waals surface area (Å²) in [5.74, 6) is -0.350. The molecule has 1 aromatic rings. The second kappa shape index (κ2) is 6.03. The number of nitrogens with one attached hydrogen (secondary N) is 2. The van der Waals surface area contributed by atoms with Gasteiger partial charge in [-0.25, -0.2) is 0 Å². The second-order valence-electron chi connectivity index (χ2n) is 4.01. The highest BCUT2D eigenvalue weighted by Gasteiger charge is 2.12. The zero-order valence-corrected chi connectivity index (χ0v) is 10.4. The summed E-state index contributed by atoms with van der Waals surface area (Å²) in [6.07, 6.45) is 0.869. The van der Waals surface area contributed by atoms with E-state index in [1.165, 1.54) is 6.92 Å². The number of rotatable bonds is 4. The molecule has 4 nitrogen and oxygen atoms in total. The van der Waals surface area contributed by atoms with E-state index in [0.717, 1.165) is 6.42 Å². The van der Waals surface area contributed by atoms with Gasteiger partial charge in [0.15, 0.2) is 0 Å². The number of carbonyl (C=O) groups is 2. The predicted octanol–water partition coefficient (Wildman–Crippen LogP) is 2.17. The molecule has 2 N–H and O–H groups in total. The van der Waals surface area contributed by atoms with Crippen molar-refractivity contribution in [2.24, 2.45) is 0 Å². The van der Waals surface area contributed by atoms with E-state index in [1.54, 1.807) is 24.3 Å². The summed E-state index contributed by atoms with van der Waals surface area (Å²) in [6, 6.07) is 7.09. The van der Waals surface area contributed by atoms with E-state index in [-0.39, 0.29) is 17.9 Å². The van der Waals surface area contributed by atoms with Gasteiger partial charge in [0, 0.05) is 13.0 Å². The number of benzene rings is 1. The normalized spacial score (nSPS) is 11.7. The van der Waals surface area contributed by atoms with Gasteiger partial charge in [0.05, 0.1) is 11.3 Å². The molecule has 0 bridgehead atoms. The summed E-state index contributed by atoms with van der Waals surface area (Å²) in [4.78, 5) is 23.0. The van der Waals surface area contributed by atoms with Gasteiger partial charge in [-0.15, -0.1) is 0 Å². The van der Waals surface area contributed by atoms with Gasteiger partial charge in [0.2, 0.25) is 5.91 Å².